The number of carbonyl (C=O) groups is 3. The zero-order valence-corrected chi connectivity index (χ0v) is 40.7. The van der Waals surface area contributed by atoms with Crippen LogP contribution in [0.1, 0.15) is 21.5 Å². The van der Waals surface area contributed by atoms with E-state index in [1.165, 1.54) is 76.3 Å². The molecule has 2 fully saturated rings. The van der Waals surface area contributed by atoms with Crippen molar-refractivity contribution in [1.29, 1.82) is 0 Å². The molecular weight excluding hydrogens is 956 g/mol. The zero-order valence-electron chi connectivity index (χ0n) is 40.7. The number of pyridine rings is 2. The van der Waals surface area contributed by atoms with Crippen molar-refractivity contribution in [3.63, 3.8) is 0 Å². The minimum atomic E-state index is -0.573. The average molecular weight is 1010 g/mol. The van der Waals surface area contributed by atoms with Crippen LogP contribution in [0, 0.1) is 5.82 Å². The highest BCUT2D eigenvalue weighted by molar-refractivity contribution is 5.94. The summed E-state index contributed by atoms with van der Waals surface area (Å²) in [5.74, 6) is -0.747. The maximum Gasteiger partial charge on any atom is 0.332 e. The Kier molecular flexibility index (Phi) is 13.3. The van der Waals surface area contributed by atoms with Crippen molar-refractivity contribution in [1.82, 2.24) is 57.1 Å². The van der Waals surface area contributed by atoms with Crippen molar-refractivity contribution in [2.24, 2.45) is 21.1 Å². The Hall–Kier alpha value is -9.06. The Morgan fingerprint density at radius 3 is 1.54 bits per heavy atom. The quantitative estimate of drug-likeness (QED) is 0.165. The molecule has 6 aromatic heterocycles. The van der Waals surface area contributed by atoms with Crippen LogP contribution in [-0.2, 0) is 56.9 Å². The number of fused-ring (bicyclic) bond motifs is 2. The van der Waals surface area contributed by atoms with Gasteiger partial charge in [0, 0.05) is 85.6 Å². The molecule has 24 heteroatoms. The molecule has 10 rings (SSSR count). The number of benzene rings is 2. The molecule has 8 heterocycles. The van der Waals surface area contributed by atoms with E-state index in [9.17, 15) is 38.0 Å². The first-order chi connectivity index (χ1) is 35.7. The molecule has 2 N–H and O–H groups in total. The third-order valence-corrected chi connectivity index (χ3v) is 13.5. The molecule has 74 heavy (non-hydrogen) atoms. The van der Waals surface area contributed by atoms with E-state index < -0.39 is 40.1 Å². The number of imidazole rings is 2. The number of aromatic nitrogens is 10. The van der Waals surface area contributed by atoms with Crippen LogP contribution in [0.3, 0.4) is 0 Å². The molecule has 0 bridgehead atoms. The summed E-state index contributed by atoms with van der Waals surface area (Å²) in [5.41, 5.74) is 2.43. The van der Waals surface area contributed by atoms with Crippen LogP contribution in [0.5, 0.6) is 0 Å². The van der Waals surface area contributed by atoms with Crippen LogP contribution < -0.4 is 42.9 Å². The van der Waals surface area contributed by atoms with Crippen molar-refractivity contribution in [2.75, 3.05) is 72.8 Å². The zero-order chi connectivity index (χ0) is 51.8. The van der Waals surface area contributed by atoms with E-state index in [1.807, 2.05) is 36.4 Å². The molecule has 0 saturated carbocycles. The number of aryl methyl sites for hydroxylation is 2. The molecule has 2 aliphatic rings. The van der Waals surface area contributed by atoms with E-state index in [0.29, 0.717) is 49.9 Å². The lowest BCUT2D eigenvalue weighted by Gasteiger charge is -2.36. The Morgan fingerprint density at radius 1 is 0.541 bits per heavy atom. The third-order valence-electron chi connectivity index (χ3n) is 13.5. The molecule has 0 atom stereocenters. The summed E-state index contributed by atoms with van der Waals surface area (Å²) in [5, 5.41) is 5.54. The van der Waals surface area contributed by atoms with Gasteiger partial charge in [-0.3, -0.25) is 47.1 Å². The van der Waals surface area contributed by atoms with Gasteiger partial charge in [0.2, 0.25) is 11.8 Å². The van der Waals surface area contributed by atoms with Crippen LogP contribution in [0.25, 0.3) is 22.3 Å². The molecule has 0 unspecified atom stereocenters. The number of piperazine rings is 2. The normalized spacial score (nSPS) is 14.2. The molecule has 2 saturated heterocycles. The van der Waals surface area contributed by atoms with Crippen LogP contribution in [0.4, 0.5) is 27.4 Å². The van der Waals surface area contributed by atoms with Gasteiger partial charge in [0.25, 0.3) is 17.0 Å². The largest absolute Gasteiger partial charge is 0.368 e. The Balaban J connectivity index is 0.700. The first kappa shape index (κ1) is 48.6. The number of amides is 3. The molecule has 2 aromatic carbocycles. The Bertz CT molecular complexity index is 3680. The second-order valence-electron chi connectivity index (χ2n) is 18.3. The van der Waals surface area contributed by atoms with E-state index in [-0.39, 0.29) is 47.9 Å². The first-order valence-electron chi connectivity index (χ1n) is 23.8. The van der Waals surface area contributed by atoms with E-state index in [0.717, 1.165) is 57.8 Å². The number of rotatable bonds is 13. The molecule has 23 nitrogen and oxygen atoms in total. The van der Waals surface area contributed by atoms with Crippen molar-refractivity contribution < 1.29 is 18.8 Å². The van der Waals surface area contributed by atoms with Gasteiger partial charge in [0.1, 0.15) is 30.5 Å². The number of anilines is 4. The van der Waals surface area contributed by atoms with Crippen LogP contribution in [0.2, 0.25) is 0 Å². The molecule has 0 spiro atoms. The molecule has 380 valence electrons. The van der Waals surface area contributed by atoms with Gasteiger partial charge >= 0.3 is 11.4 Å². The smallest absolute Gasteiger partial charge is 0.332 e. The number of nitrogens with zero attached hydrogens (tertiary/aromatic N) is 14. The molecule has 0 radical (unpaired) electrons. The standard InChI is InChI=1S/C50H51FN16O7/c1-58-44-42(47(71)60(3)49(58)73)65(30-54-44)28-40(68)56-38-14-12-36(24-52-38)62-18-16-61(17-19-62)26-32-4-6-33(7-5-32)27-67-48(72)43-45(59(2)50(67)74)55-31-66(43)29-41(69)57-39-15-13-37(25-53-39)63-20-22-64(23-21-63)46(70)34-8-10-35(51)11-9-34/h4-15,24-25,30-31H,16-23,26-29H2,1-3H3,(H,52,56,68)(H,53,57,69). The van der Waals surface area contributed by atoms with Gasteiger partial charge < -0.3 is 34.5 Å². The van der Waals surface area contributed by atoms with E-state index in [4.69, 9.17) is 0 Å². The summed E-state index contributed by atoms with van der Waals surface area (Å²) < 4.78 is 20.8. The highest BCUT2D eigenvalue weighted by atomic mass is 19.1. The van der Waals surface area contributed by atoms with E-state index in [1.54, 1.807) is 29.4 Å². The second-order valence-corrected chi connectivity index (χ2v) is 18.3. The van der Waals surface area contributed by atoms with Crippen molar-refractivity contribution >= 4 is 63.1 Å². The number of nitrogens with one attached hydrogen (secondary N) is 2. The lowest BCUT2D eigenvalue weighted by molar-refractivity contribution is -0.117. The van der Waals surface area contributed by atoms with Crippen LogP contribution in [0.15, 0.2) is 117 Å². The lowest BCUT2D eigenvalue weighted by atomic mass is 10.1. The minimum Gasteiger partial charge on any atom is -0.368 e. The summed E-state index contributed by atoms with van der Waals surface area (Å²) in [4.78, 5) is 117. The monoisotopic (exact) mass is 1010 g/mol. The topological polar surface area (TPSA) is 238 Å². The Morgan fingerprint density at radius 2 is 1.03 bits per heavy atom. The molecule has 3 amide bonds. The van der Waals surface area contributed by atoms with Gasteiger partial charge in [-0.15, -0.1) is 0 Å². The third kappa shape index (κ3) is 9.80. The first-order valence-corrected chi connectivity index (χ1v) is 23.8. The fourth-order valence-corrected chi connectivity index (χ4v) is 9.36. The van der Waals surface area contributed by atoms with Gasteiger partial charge in [-0.1, -0.05) is 24.3 Å². The lowest BCUT2D eigenvalue weighted by Crippen LogP contribution is -2.48. The molecule has 0 aliphatic carbocycles. The van der Waals surface area contributed by atoms with Crippen LogP contribution >= 0.6 is 0 Å². The van der Waals surface area contributed by atoms with Gasteiger partial charge in [-0.25, -0.2) is 33.9 Å². The van der Waals surface area contributed by atoms with E-state index in [2.05, 4.69) is 45.3 Å². The molecule has 2 aliphatic heterocycles. The number of hydrogen-bond donors (Lipinski definition) is 2. The van der Waals surface area contributed by atoms with Crippen LogP contribution in [-0.4, -0.2) is 127 Å². The molecule has 8 aromatic rings. The summed E-state index contributed by atoms with van der Waals surface area (Å²) in [6.45, 7) is 5.43. The summed E-state index contributed by atoms with van der Waals surface area (Å²) >= 11 is 0. The van der Waals surface area contributed by atoms with Gasteiger partial charge in [-0.2, -0.15) is 0 Å². The summed E-state index contributed by atoms with van der Waals surface area (Å²) in [7, 11) is 4.43. The summed E-state index contributed by atoms with van der Waals surface area (Å²) in [6, 6.07) is 20.4. The van der Waals surface area contributed by atoms with Crippen molar-refractivity contribution in [3.8, 4) is 0 Å². The predicted molar refractivity (Wildman–Crippen MR) is 273 cm³/mol. The van der Waals surface area contributed by atoms with Gasteiger partial charge in [-0.05, 0) is 59.7 Å². The number of carbonyl (C=O) groups excluding carboxylic acids is 3. The summed E-state index contributed by atoms with van der Waals surface area (Å²) in [6.07, 6.45) is 6.07. The maximum atomic E-state index is 14.0. The predicted octanol–water partition coefficient (Wildman–Crippen LogP) is 1.18. The number of hydrogen-bond acceptors (Lipinski definition) is 14. The fraction of sp³-hybridized carbons (Fsp3) is 0.300. The van der Waals surface area contributed by atoms with Gasteiger partial charge in [0.15, 0.2) is 22.3 Å². The van der Waals surface area contributed by atoms with E-state index >= 15 is 0 Å². The maximum absolute atomic E-state index is 14.0. The Labute approximate surface area is 420 Å². The fourth-order valence-electron chi connectivity index (χ4n) is 9.36. The van der Waals surface area contributed by atoms with Crippen molar-refractivity contribution in [3.05, 3.63) is 162 Å². The minimum absolute atomic E-state index is 0.0103. The second kappa shape index (κ2) is 20.2. The highest BCUT2D eigenvalue weighted by Crippen LogP contribution is 2.21. The highest BCUT2D eigenvalue weighted by Gasteiger charge is 2.24. The molecular formula is C50H51FN16O7. The van der Waals surface area contributed by atoms with Gasteiger partial charge in [0.05, 0.1) is 43.0 Å². The number of halogens is 1. The average Bonchev–Trinajstić information content (AvgIpc) is 4.04. The SMILES string of the molecule is Cn1c(=O)c2c(ncn2CC(=O)Nc2ccc(N3CCN(Cc4ccc(Cn5c(=O)c6c(ncn6CC(=O)Nc6ccc(N7CCN(C(=O)c8ccc(F)cc8)CC7)cn6)n(C)c5=O)cc4)CC3)cn2)n(C)c1=O. The van der Waals surface area contributed by atoms with Crippen molar-refractivity contribution in [2.45, 2.75) is 26.2 Å².